The number of hydrogen-bond acceptors (Lipinski definition) is 3. The quantitative estimate of drug-likeness (QED) is 0.331. The molecular weight excluding hydrogens is 340 g/mol. The van der Waals surface area contributed by atoms with Gasteiger partial charge in [0.1, 0.15) is 5.54 Å². The highest BCUT2D eigenvalue weighted by Gasteiger charge is 2.45. The number of aliphatic carboxylic acids is 1. The van der Waals surface area contributed by atoms with Gasteiger partial charge in [-0.15, -0.1) is 0 Å². The zero-order valence-electron chi connectivity index (χ0n) is 12.8. The van der Waals surface area contributed by atoms with Crippen LogP contribution in [0.4, 0.5) is 0 Å². The minimum atomic E-state index is -1.63. The average molecular weight is 367 g/mol. The first-order valence-corrected chi connectivity index (χ1v) is 11.6. The Bertz CT molecular complexity index is 347. The number of alkyl halides is 1. The van der Waals surface area contributed by atoms with Crippen molar-refractivity contribution in [3.05, 3.63) is 0 Å². The van der Waals surface area contributed by atoms with Crippen molar-refractivity contribution in [3.63, 3.8) is 0 Å². The Labute approximate surface area is 130 Å². The van der Waals surface area contributed by atoms with Gasteiger partial charge in [0.05, 0.1) is 5.33 Å². The third-order valence-corrected chi connectivity index (χ3v) is 7.55. The van der Waals surface area contributed by atoms with Crippen molar-refractivity contribution >= 4 is 35.9 Å². The number of unbranched alkanes of at least 4 members (excludes halogenated alkanes) is 1. The Morgan fingerprint density at radius 3 is 2.30 bits per heavy atom. The first-order chi connectivity index (χ1) is 9.05. The molecule has 0 aliphatic heterocycles. The maximum atomic E-state index is 11.5. The summed E-state index contributed by atoms with van der Waals surface area (Å²) in [5, 5.41) is 12.5. The normalized spacial score (nSPS) is 16.3. The summed E-state index contributed by atoms with van der Waals surface area (Å²) in [4.78, 5) is 22.6. The van der Waals surface area contributed by atoms with Gasteiger partial charge in [-0.1, -0.05) is 42.5 Å². The van der Waals surface area contributed by atoms with E-state index in [1.807, 2.05) is 6.92 Å². The monoisotopic (exact) mass is 366 g/mol. The molecule has 0 aromatic carbocycles. The maximum Gasteiger partial charge on any atom is 0.323 e. The second-order valence-electron chi connectivity index (χ2n) is 6.37. The molecule has 118 valence electrons. The summed E-state index contributed by atoms with van der Waals surface area (Å²) in [6.07, 6.45) is 1.88. The number of nitrogens with one attached hydrogen (secondary N) is 1. The minimum Gasteiger partial charge on any atom is -0.480 e. The van der Waals surface area contributed by atoms with Crippen LogP contribution in [0.3, 0.4) is 0 Å². The smallest absolute Gasteiger partial charge is 0.323 e. The topological polar surface area (TPSA) is 92.4 Å². The molecule has 1 amide bonds. The van der Waals surface area contributed by atoms with E-state index in [4.69, 9.17) is 5.73 Å². The lowest BCUT2D eigenvalue weighted by Crippen LogP contribution is -2.56. The number of amides is 1. The summed E-state index contributed by atoms with van der Waals surface area (Å²) >= 11 is 3.07. The molecular formula is C13H27BrN2O3Si. The maximum absolute atomic E-state index is 11.5. The molecule has 0 aromatic heterocycles. The molecule has 5 nitrogen and oxygen atoms in total. The van der Waals surface area contributed by atoms with E-state index >= 15 is 0 Å². The Kier molecular flexibility index (Phi) is 7.98. The minimum absolute atomic E-state index is 0.00960. The van der Waals surface area contributed by atoms with E-state index < -0.39 is 19.6 Å². The van der Waals surface area contributed by atoms with Crippen LogP contribution < -0.4 is 11.1 Å². The zero-order chi connectivity index (χ0) is 16.0. The number of carboxylic acid groups (broad SMARTS) is 1. The van der Waals surface area contributed by atoms with Crippen molar-refractivity contribution in [2.75, 3.05) is 11.9 Å². The number of carbonyl (C=O) groups is 2. The summed E-state index contributed by atoms with van der Waals surface area (Å²) in [5.41, 5.74) is 5.01. The van der Waals surface area contributed by atoms with Crippen molar-refractivity contribution < 1.29 is 14.7 Å². The number of halogens is 1. The second-order valence-corrected chi connectivity index (χ2v) is 12.5. The van der Waals surface area contributed by atoms with Crippen LogP contribution in [-0.2, 0) is 9.59 Å². The highest BCUT2D eigenvalue weighted by atomic mass is 79.9. The van der Waals surface area contributed by atoms with Crippen LogP contribution in [0.25, 0.3) is 0 Å². The van der Waals surface area contributed by atoms with Crippen molar-refractivity contribution in [1.29, 1.82) is 0 Å². The van der Waals surface area contributed by atoms with Crippen molar-refractivity contribution in [3.8, 4) is 0 Å². The Balaban J connectivity index is 4.43. The molecule has 0 fully saturated rings. The Morgan fingerprint density at radius 1 is 1.35 bits per heavy atom. The number of hydrogen-bond donors (Lipinski definition) is 3. The molecule has 0 radical (unpaired) electrons. The van der Waals surface area contributed by atoms with E-state index in [1.165, 1.54) is 0 Å². The van der Waals surface area contributed by atoms with Crippen molar-refractivity contribution in [2.24, 2.45) is 5.73 Å². The fourth-order valence-corrected chi connectivity index (χ4v) is 4.11. The molecule has 4 N–H and O–H groups in total. The number of carbonyl (C=O) groups excluding carboxylic acids is 1. The van der Waals surface area contributed by atoms with Gasteiger partial charge in [0.2, 0.25) is 5.91 Å². The first kappa shape index (κ1) is 19.6. The lowest BCUT2D eigenvalue weighted by atomic mass is 9.90. The summed E-state index contributed by atoms with van der Waals surface area (Å²) in [7, 11) is -1.63. The molecule has 20 heavy (non-hydrogen) atoms. The van der Waals surface area contributed by atoms with Crippen LogP contribution in [0.5, 0.6) is 0 Å². The summed E-state index contributed by atoms with van der Waals surface area (Å²) in [6, 6.07) is 0. The van der Waals surface area contributed by atoms with Gasteiger partial charge < -0.3 is 16.2 Å². The van der Waals surface area contributed by atoms with Gasteiger partial charge in [-0.3, -0.25) is 9.59 Å². The Hall–Kier alpha value is -0.403. The van der Waals surface area contributed by atoms with E-state index in [9.17, 15) is 14.7 Å². The molecule has 0 rings (SSSR count). The van der Waals surface area contributed by atoms with Crippen LogP contribution in [0.1, 0.15) is 26.2 Å². The molecule has 0 bridgehead atoms. The van der Waals surface area contributed by atoms with E-state index in [-0.39, 0.29) is 16.8 Å². The van der Waals surface area contributed by atoms with E-state index in [2.05, 4.69) is 40.9 Å². The van der Waals surface area contributed by atoms with Gasteiger partial charge >= 0.3 is 5.97 Å². The first-order valence-electron chi connectivity index (χ1n) is 6.90. The molecule has 0 aliphatic carbocycles. The number of rotatable bonds is 9. The average Bonchev–Trinajstić information content (AvgIpc) is 2.35. The lowest BCUT2D eigenvalue weighted by Gasteiger charge is -2.38. The fraction of sp³-hybridized carbons (Fsp3) is 0.846. The molecule has 0 saturated heterocycles. The van der Waals surface area contributed by atoms with Crippen LogP contribution in [0.2, 0.25) is 25.2 Å². The van der Waals surface area contributed by atoms with Gasteiger partial charge in [-0.25, -0.2) is 0 Å². The predicted octanol–water partition coefficient (Wildman–Crippen LogP) is 2.18. The number of nitrogens with two attached hydrogens (primary N) is 1. The largest absolute Gasteiger partial charge is 0.480 e. The fourth-order valence-electron chi connectivity index (χ4n) is 2.10. The second kappa shape index (κ2) is 8.14. The van der Waals surface area contributed by atoms with Crippen molar-refractivity contribution in [2.45, 2.75) is 56.9 Å². The van der Waals surface area contributed by atoms with Crippen LogP contribution in [0.15, 0.2) is 0 Å². The van der Waals surface area contributed by atoms with Gasteiger partial charge in [0, 0.05) is 14.6 Å². The zero-order valence-corrected chi connectivity index (χ0v) is 15.4. The standard InChI is InChI=1S/C13H27BrN2O3Si/c1-10(20(2,3)4)13(15,12(18)19)7-5-6-8-16-11(17)9-14/h10H,5-9,15H2,1-4H3,(H,16,17)(H,18,19)/t10?,13-/m0/s1. The molecule has 0 saturated carbocycles. The van der Waals surface area contributed by atoms with Crippen LogP contribution >= 0.6 is 15.9 Å². The van der Waals surface area contributed by atoms with Crippen molar-refractivity contribution in [1.82, 2.24) is 5.32 Å². The predicted molar refractivity (Wildman–Crippen MR) is 88.0 cm³/mol. The molecule has 1 unspecified atom stereocenters. The third-order valence-electron chi connectivity index (χ3n) is 3.93. The van der Waals surface area contributed by atoms with E-state index in [0.29, 0.717) is 19.4 Å². The number of carboxylic acids is 1. The summed E-state index contributed by atoms with van der Waals surface area (Å²) in [5.74, 6) is -0.977. The third kappa shape index (κ3) is 5.93. The lowest BCUT2D eigenvalue weighted by molar-refractivity contribution is -0.143. The molecule has 7 heteroatoms. The molecule has 0 aliphatic rings. The SMILES string of the molecule is CC([C@@](N)(CCCCNC(=O)CBr)C(=O)O)[Si](C)(C)C. The Morgan fingerprint density at radius 2 is 1.90 bits per heavy atom. The van der Waals surface area contributed by atoms with Gasteiger partial charge in [0.25, 0.3) is 0 Å². The van der Waals surface area contributed by atoms with Crippen LogP contribution in [0, 0.1) is 0 Å². The molecule has 0 aromatic rings. The molecule has 0 spiro atoms. The van der Waals surface area contributed by atoms with Crippen LogP contribution in [-0.4, -0.2) is 42.5 Å². The summed E-state index contributed by atoms with van der Waals surface area (Å²) < 4.78 is 0. The highest BCUT2D eigenvalue weighted by molar-refractivity contribution is 9.09. The molecule has 2 atom stereocenters. The van der Waals surface area contributed by atoms with Gasteiger partial charge in [-0.2, -0.15) is 0 Å². The summed E-state index contributed by atoms with van der Waals surface area (Å²) in [6.45, 7) is 8.92. The van der Waals surface area contributed by atoms with Gasteiger partial charge in [0.15, 0.2) is 0 Å². The highest BCUT2D eigenvalue weighted by Crippen LogP contribution is 2.34. The van der Waals surface area contributed by atoms with E-state index in [0.717, 1.165) is 6.42 Å². The van der Waals surface area contributed by atoms with E-state index in [1.54, 1.807) is 0 Å². The molecule has 0 heterocycles. The van der Waals surface area contributed by atoms with Gasteiger partial charge in [-0.05, 0) is 24.8 Å².